The number of rotatable bonds is 24. The number of hydrogen-bond donors (Lipinski definition) is 0. The van der Waals surface area contributed by atoms with Gasteiger partial charge in [0.1, 0.15) is 0 Å². The highest BCUT2D eigenvalue weighted by Crippen LogP contribution is 2.36. The van der Waals surface area contributed by atoms with E-state index >= 15 is 0 Å². The molecule has 0 bridgehead atoms. The van der Waals surface area contributed by atoms with Crippen molar-refractivity contribution in [2.24, 2.45) is 5.92 Å². The summed E-state index contributed by atoms with van der Waals surface area (Å²) in [5.41, 5.74) is 0.455. The number of esters is 1. The third-order valence-electron chi connectivity index (χ3n) is 6.88. The van der Waals surface area contributed by atoms with E-state index in [9.17, 15) is 4.79 Å². The Morgan fingerprint density at radius 3 is 1.67 bits per heavy atom. The molecule has 0 aromatic carbocycles. The zero-order valence-electron chi connectivity index (χ0n) is 22.9. The number of ether oxygens (including phenoxy) is 3. The summed E-state index contributed by atoms with van der Waals surface area (Å²) in [5.74, 6) is -0.526. The van der Waals surface area contributed by atoms with E-state index in [0.717, 1.165) is 32.1 Å². The molecule has 33 heavy (non-hydrogen) atoms. The van der Waals surface area contributed by atoms with Crippen molar-refractivity contribution in [1.82, 2.24) is 0 Å². The second kappa shape index (κ2) is 21.6. The van der Waals surface area contributed by atoms with Crippen molar-refractivity contribution in [2.45, 2.75) is 142 Å². The van der Waals surface area contributed by atoms with Crippen molar-refractivity contribution in [3.8, 4) is 0 Å². The molecule has 196 valence electrons. The third-order valence-corrected chi connectivity index (χ3v) is 6.88. The van der Waals surface area contributed by atoms with E-state index in [1.54, 1.807) is 21.1 Å². The number of carbonyl (C=O) groups excluding carboxylic acids is 1. The largest absolute Gasteiger partial charge is 0.462 e. The molecule has 0 amide bonds. The topological polar surface area (TPSA) is 44.8 Å². The second-order valence-corrected chi connectivity index (χ2v) is 9.76. The molecule has 0 aliphatic carbocycles. The highest BCUT2D eigenvalue weighted by molar-refractivity contribution is 5.86. The SMILES string of the molecule is C=C(C)C(=O)OCCCC(CCCCCCCC)C(CCCCCCCCCC)(OC)OC. The number of unbranched alkanes of at least 4 members (excludes halogenated alkanes) is 12. The lowest BCUT2D eigenvalue weighted by Gasteiger charge is -2.39. The predicted octanol–water partition coefficient (Wildman–Crippen LogP) is 8.77. The number of methoxy groups -OCH3 is 2. The molecule has 0 fully saturated rings. The molecule has 0 saturated heterocycles. The van der Waals surface area contributed by atoms with Crippen LogP contribution in [0.15, 0.2) is 12.2 Å². The Kier molecular flexibility index (Phi) is 21.1. The van der Waals surface area contributed by atoms with E-state index in [-0.39, 0.29) is 5.97 Å². The molecule has 1 atom stereocenters. The molecule has 0 aliphatic rings. The van der Waals surface area contributed by atoms with Crippen LogP contribution in [0.1, 0.15) is 136 Å². The molecular weight excluding hydrogens is 412 g/mol. The normalized spacial score (nSPS) is 12.6. The van der Waals surface area contributed by atoms with Crippen LogP contribution in [0, 0.1) is 5.92 Å². The number of hydrogen-bond acceptors (Lipinski definition) is 4. The first-order chi connectivity index (χ1) is 16.0. The average Bonchev–Trinajstić information content (AvgIpc) is 2.82. The third kappa shape index (κ3) is 15.6. The minimum atomic E-state index is -0.538. The van der Waals surface area contributed by atoms with E-state index in [2.05, 4.69) is 20.4 Å². The van der Waals surface area contributed by atoms with Crippen molar-refractivity contribution in [1.29, 1.82) is 0 Å². The van der Waals surface area contributed by atoms with Gasteiger partial charge >= 0.3 is 5.97 Å². The fourth-order valence-electron chi connectivity index (χ4n) is 4.70. The van der Waals surface area contributed by atoms with Crippen LogP contribution < -0.4 is 0 Å². The van der Waals surface area contributed by atoms with E-state index in [0.29, 0.717) is 18.1 Å². The highest BCUT2D eigenvalue weighted by atomic mass is 16.7. The lowest BCUT2D eigenvalue weighted by atomic mass is 9.84. The Balaban J connectivity index is 4.73. The van der Waals surface area contributed by atoms with Gasteiger partial charge in [0.15, 0.2) is 5.79 Å². The Hall–Kier alpha value is -0.870. The molecule has 0 radical (unpaired) electrons. The molecule has 4 heteroatoms. The highest BCUT2D eigenvalue weighted by Gasteiger charge is 2.38. The van der Waals surface area contributed by atoms with Gasteiger partial charge in [-0.15, -0.1) is 0 Å². The Labute approximate surface area is 206 Å². The minimum absolute atomic E-state index is 0.300. The predicted molar refractivity (Wildman–Crippen MR) is 140 cm³/mol. The van der Waals surface area contributed by atoms with Crippen LogP contribution in [0.3, 0.4) is 0 Å². The first-order valence-electron chi connectivity index (χ1n) is 13.9. The molecule has 0 aromatic rings. The van der Waals surface area contributed by atoms with Crippen LogP contribution in [0.25, 0.3) is 0 Å². The van der Waals surface area contributed by atoms with Gasteiger partial charge < -0.3 is 14.2 Å². The lowest BCUT2D eigenvalue weighted by molar-refractivity contribution is -0.247. The maximum atomic E-state index is 11.7. The maximum absolute atomic E-state index is 11.7. The van der Waals surface area contributed by atoms with Crippen LogP contribution in [-0.2, 0) is 19.0 Å². The average molecular weight is 469 g/mol. The van der Waals surface area contributed by atoms with Gasteiger partial charge in [-0.25, -0.2) is 4.79 Å². The molecule has 0 aromatic heterocycles. The Morgan fingerprint density at radius 2 is 1.18 bits per heavy atom. The van der Waals surface area contributed by atoms with Crippen molar-refractivity contribution < 1.29 is 19.0 Å². The van der Waals surface area contributed by atoms with E-state index in [1.165, 1.54) is 83.5 Å². The molecule has 0 rings (SSSR count). The van der Waals surface area contributed by atoms with Crippen LogP contribution in [0.2, 0.25) is 0 Å². The van der Waals surface area contributed by atoms with Gasteiger partial charge in [0.2, 0.25) is 0 Å². The van der Waals surface area contributed by atoms with Crippen molar-refractivity contribution in [2.75, 3.05) is 20.8 Å². The smallest absolute Gasteiger partial charge is 0.333 e. The summed E-state index contributed by atoms with van der Waals surface area (Å²) in [6.07, 6.45) is 21.9. The zero-order chi connectivity index (χ0) is 24.8. The van der Waals surface area contributed by atoms with E-state index in [1.807, 2.05) is 0 Å². The van der Waals surface area contributed by atoms with Gasteiger partial charge in [0.25, 0.3) is 0 Å². The molecule has 1 unspecified atom stereocenters. The molecule has 0 N–H and O–H groups in total. The van der Waals surface area contributed by atoms with Crippen molar-refractivity contribution in [3.63, 3.8) is 0 Å². The van der Waals surface area contributed by atoms with Crippen LogP contribution >= 0.6 is 0 Å². The van der Waals surface area contributed by atoms with Crippen LogP contribution in [0.5, 0.6) is 0 Å². The van der Waals surface area contributed by atoms with E-state index in [4.69, 9.17) is 14.2 Å². The molecule has 0 heterocycles. The van der Waals surface area contributed by atoms with Gasteiger partial charge in [-0.3, -0.25) is 0 Å². The van der Waals surface area contributed by atoms with Gasteiger partial charge in [-0.05, 0) is 32.6 Å². The van der Waals surface area contributed by atoms with E-state index < -0.39 is 5.79 Å². The summed E-state index contributed by atoms with van der Waals surface area (Å²) in [7, 11) is 3.59. The Bertz CT molecular complexity index is 470. The monoisotopic (exact) mass is 468 g/mol. The molecule has 0 spiro atoms. The summed E-state index contributed by atoms with van der Waals surface area (Å²) < 4.78 is 17.5. The summed E-state index contributed by atoms with van der Waals surface area (Å²) in [4.78, 5) is 11.7. The van der Waals surface area contributed by atoms with Crippen molar-refractivity contribution in [3.05, 3.63) is 12.2 Å². The molecular formula is C29H56O4. The number of carbonyl (C=O) groups is 1. The van der Waals surface area contributed by atoms with Gasteiger partial charge in [-0.2, -0.15) is 0 Å². The standard InChI is InChI=1S/C29H56O4/c1-7-9-11-13-15-16-18-20-24-29(31-5,32-6)27(22-19-17-14-12-10-8-2)23-21-25-33-28(30)26(3)4/h27H,3,7-25H2,1-2,4-6H3. The summed E-state index contributed by atoms with van der Waals surface area (Å²) in [6, 6.07) is 0. The summed E-state index contributed by atoms with van der Waals surface area (Å²) in [6.45, 7) is 10.3. The van der Waals surface area contributed by atoms with Gasteiger partial charge in [-0.1, -0.05) is 104 Å². The fourth-order valence-corrected chi connectivity index (χ4v) is 4.70. The quantitative estimate of drug-likeness (QED) is 0.0614. The van der Waals surface area contributed by atoms with Crippen LogP contribution in [-0.4, -0.2) is 32.6 Å². The van der Waals surface area contributed by atoms with Gasteiger partial charge in [0, 0.05) is 32.1 Å². The van der Waals surface area contributed by atoms with Crippen molar-refractivity contribution >= 4 is 5.97 Å². The minimum Gasteiger partial charge on any atom is -0.462 e. The molecule has 0 aliphatic heterocycles. The summed E-state index contributed by atoms with van der Waals surface area (Å²) >= 11 is 0. The second-order valence-electron chi connectivity index (χ2n) is 9.76. The maximum Gasteiger partial charge on any atom is 0.333 e. The lowest BCUT2D eigenvalue weighted by Crippen LogP contribution is -2.42. The zero-order valence-corrected chi connectivity index (χ0v) is 22.9. The first kappa shape index (κ1) is 32.1. The summed E-state index contributed by atoms with van der Waals surface area (Å²) in [5, 5.41) is 0. The van der Waals surface area contributed by atoms with Gasteiger partial charge in [0.05, 0.1) is 6.61 Å². The van der Waals surface area contributed by atoms with Crippen LogP contribution in [0.4, 0.5) is 0 Å². The molecule has 4 nitrogen and oxygen atoms in total. The first-order valence-corrected chi connectivity index (χ1v) is 13.9. The molecule has 0 saturated carbocycles. The fraction of sp³-hybridized carbons (Fsp3) is 0.897. The Morgan fingerprint density at radius 1 is 0.727 bits per heavy atom.